The van der Waals surface area contributed by atoms with Crippen LogP contribution >= 0.6 is 22.6 Å². The normalized spacial score (nSPS) is 9.16. The first-order valence-corrected chi connectivity index (χ1v) is 13.6. The minimum absolute atomic E-state index is 0.0511. The molecule has 2 rings (SSSR count). The van der Waals surface area contributed by atoms with Crippen LogP contribution in [0.5, 0.6) is 0 Å². The summed E-state index contributed by atoms with van der Waals surface area (Å²) in [5.41, 5.74) is 2.75. The van der Waals surface area contributed by atoms with Crippen LogP contribution < -0.4 is 0 Å². The zero-order chi connectivity index (χ0) is 25.1. The van der Waals surface area contributed by atoms with Crippen molar-refractivity contribution in [3.63, 3.8) is 0 Å². The Labute approximate surface area is 207 Å². The Balaban J connectivity index is -0.000000187. The SMILES string of the molecule is CC.CC.CC.CC(=O)C(C)CCC=O.CC(c1ccccc1)c1ccccc1.CI. The van der Waals surface area contributed by atoms with Gasteiger partial charge in [-0.2, -0.15) is 0 Å². The number of hydrogen-bond donors (Lipinski definition) is 0. The number of aldehydes is 1. The first-order valence-electron chi connectivity index (χ1n) is 11.5. The fourth-order valence-corrected chi connectivity index (χ4v) is 2.20. The van der Waals surface area contributed by atoms with Crippen molar-refractivity contribution < 1.29 is 9.59 Å². The average molecular weight is 543 g/mol. The van der Waals surface area contributed by atoms with E-state index in [2.05, 4.69) is 90.2 Å². The Kier molecular flexibility index (Phi) is 36.5. The zero-order valence-corrected chi connectivity index (χ0v) is 23.8. The number of carbonyl (C=O) groups excluding carboxylic acids is 2. The summed E-state index contributed by atoms with van der Waals surface area (Å²) >= 11 is 2.15. The molecule has 1 atom stereocenters. The smallest absolute Gasteiger partial charge is 0.132 e. The average Bonchev–Trinajstić information content (AvgIpc) is 2.88. The minimum atomic E-state index is 0.0511. The molecule has 0 N–H and O–H groups in total. The van der Waals surface area contributed by atoms with E-state index in [1.807, 2.05) is 53.4 Å². The molecule has 0 bridgehead atoms. The van der Waals surface area contributed by atoms with Crippen LogP contribution in [0.15, 0.2) is 60.7 Å². The van der Waals surface area contributed by atoms with Gasteiger partial charge in [0.05, 0.1) is 0 Å². The van der Waals surface area contributed by atoms with Crippen LogP contribution in [0.25, 0.3) is 0 Å². The van der Waals surface area contributed by atoms with E-state index in [4.69, 9.17) is 0 Å². The molecule has 31 heavy (non-hydrogen) atoms. The fourth-order valence-electron chi connectivity index (χ4n) is 2.20. The maximum atomic E-state index is 10.5. The number of hydrogen-bond acceptors (Lipinski definition) is 2. The summed E-state index contributed by atoms with van der Waals surface area (Å²) in [6.45, 7) is 17.6. The second-order valence-corrected chi connectivity index (χ2v) is 5.80. The Bertz CT molecular complexity index is 543. The second kappa shape index (κ2) is 30.7. The van der Waals surface area contributed by atoms with Crippen LogP contribution in [0.3, 0.4) is 0 Å². The molecule has 0 radical (unpaired) electrons. The van der Waals surface area contributed by atoms with Crippen LogP contribution in [-0.4, -0.2) is 17.0 Å². The largest absolute Gasteiger partial charge is 0.303 e. The van der Waals surface area contributed by atoms with Crippen molar-refractivity contribution in [3.8, 4) is 0 Å². The Morgan fingerprint density at radius 1 is 0.774 bits per heavy atom. The van der Waals surface area contributed by atoms with Crippen molar-refractivity contribution in [1.82, 2.24) is 0 Å². The quantitative estimate of drug-likeness (QED) is 0.207. The molecule has 0 saturated carbocycles. The lowest BCUT2D eigenvalue weighted by molar-refractivity contribution is -0.120. The van der Waals surface area contributed by atoms with E-state index >= 15 is 0 Å². The second-order valence-electron chi connectivity index (χ2n) is 5.80. The number of Topliss-reactive ketones (excluding diaryl/α,β-unsaturated/α-hetero) is 1. The van der Waals surface area contributed by atoms with Gasteiger partial charge in [-0.1, -0.05) is 139 Å². The summed E-state index contributed by atoms with van der Waals surface area (Å²) in [4.78, 5) is 22.3. The third-order valence-electron chi connectivity index (χ3n) is 4.01. The molecule has 0 aliphatic heterocycles. The Morgan fingerprint density at radius 3 is 1.35 bits per heavy atom. The highest BCUT2D eigenvalue weighted by atomic mass is 127. The lowest BCUT2D eigenvalue weighted by Crippen LogP contribution is -2.05. The first-order chi connectivity index (χ1) is 15.1. The molecule has 178 valence electrons. The van der Waals surface area contributed by atoms with Crippen molar-refractivity contribution in [1.29, 1.82) is 0 Å². The standard InChI is InChI=1S/C14H14.C7H12O2.3C2H6.CH3I/c1-12(13-8-4-2-5-9-13)14-10-6-3-7-11-14;1-6(7(2)9)4-3-5-8;4*1-2/h2-12H,1H3;5-6H,3-4H2,1-2H3;3*1-2H3;1H3. The summed E-state index contributed by atoms with van der Waals surface area (Å²) in [5.74, 6) is 0.699. The van der Waals surface area contributed by atoms with Crippen LogP contribution in [0.1, 0.15) is 92.2 Å². The summed E-state index contributed by atoms with van der Waals surface area (Å²) in [7, 11) is 0. The zero-order valence-electron chi connectivity index (χ0n) is 21.6. The van der Waals surface area contributed by atoms with Crippen LogP contribution in [0.4, 0.5) is 0 Å². The van der Waals surface area contributed by atoms with Gasteiger partial charge in [-0.05, 0) is 29.4 Å². The van der Waals surface area contributed by atoms with Gasteiger partial charge in [0.2, 0.25) is 0 Å². The van der Waals surface area contributed by atoms with Crippen molar-refractivity contribution in [2.45, 2.75) is 81.1 Å². The number of alkyl halides is 1. The highest BCUT2D eigenvalue weighted by Crippen LogP contribution is 2.22. The molecule has 2 aromatic carbocycles. The summed E-state index contributed by atoms with van der Waals surface area (Å²) in [5, 5.41) is 0. The lowest BCUT2D eigenvalue weighted by atomic mass is 9.93. The molecule has 0 aromatic heterocycles. The maximum Gasteiger partial charge on any atom is 0.132 e. The van der Waals surface area contributed by atoms with Crippen molar-refractivity contribution in [2.75, 3.05) is 4.93 Å². The van der Waals surface area contributed by atoms with Gasteiger partial charge in [-0.25, -0.2) is 0 Å². The molecule has 0 heterocycles. The summed E-state index contributed by atoms with van der Waals surface area (Å²) in [6.07, 6.45) is 2.04. The predicted octanol–water partition coefficient (Wildman–Crippen LogP) is 9.16. The fraction of sp³-hybridized carbons (Fsp3) is 0.500. The van der Waals surface area contributed by atoms with Crippen molar-refractivity contribution in [3.05, 3.63) is 71.8 Å². The van der Waals surface area contributed by atoms with Gasteiger partial charge in [0, 0.05) is 18.3 Å². The molecule has 2 aromatic rings. The molecule has 0 aliphatic carbocycles. The molecule has 2 nitrogen and oxygen atoms in total. The number of halogens is 1. The van der Waals surface area contributed by atoms with Gasteiger partial charge in [0.15, 0.2) is 0 Å². The Hall–Kier alpha value is -1.49. The highest BCUT2D eigenvalue weighted by Gasteiger charge is 2.06. The van der Waals surface area contributed by atoms with Crippen LogP contribution in [-0.2, 0) is 9.59 Å². The van der Waals surface area contributed by atoms with E-state index in [-0.39, 0.29) is 11.7 Å². The minimum Gasteiger partial charge on any atom is -0.303 e. The number of benzene rings is 2. The topological polar surface area (TPSA) is 34.1 Å². The molecular weight excluding hydrogens is 495 g/mol. The predicted molar refractivity (Wildman–Crippen MR) is 150 cm³/mol. The molecule has 0 fully saturated rings. The lowest BCUT2D eigenvalue weighted by Gasteiger charge is -2.11. The van der Waals surface area contributed by atoms with Gasteiger partial charge in [-0.15, -0.1) is 0 Å². The molecule has 0 saturated heterocycles. The van der Waals surface area contributed by atoms with E-state index in [9.17, 15) is 9.59 Å². The number of rotatable bonds is 6. The third kappa shape index (κ3) is 21.5. The molecule has 1 unspecified atom stereocenters. The van der Waals surface area contributed by atoms with Crippen molar-refractivity contribution in [2.24, 2.45) is 5.92 Å². The molecule has 0 spiro atoms. The summed E-state index contributed by atoms with van der Waals surface area (Å²) < 4.78 is 0. The van der Waals surface area contributed by atoms with E-state index in [1.165, 1.54) is 11.1 Å². The highest BCUT2D eigenvalue weighted by molar-refractivity contribution is 14.1. The van der Waals surface area contributed by atoms with Gasteiger partial charge in [-0.3, -0.25) is 4.79 Å². The molecule has 3 heteroatoms. The monoisotopic (exact) mass is 542 g/mol. The maximum absolute atomic E-state index is 10.5. The molecule has 0 aliphatic rings. The van der Waals surface area contributed by atoms with Gasteiger partial charge < -0.3 is 4.79 Å². The van der Waals surface area contributed by atoms with Crippen LogP contribution in [0.2, 0.25) is 0 Å². The molecule has 0 amide bonds. The van der Waals surface area contributed by atoms with E-state index in [1.54, 1.807) is 6.92 Å². The van der Waals surface area contributed by atoms with Gasteiger partial charge in [0.25, 0.3) is 0 Å². The van der Waals surface area contributed by atoms with Crippen LogP contribution in [0, 0.1) is 5.92 Å². The first kappa shape index (κ1) is 36.9. The number of ketones is 1. The summed E-state index contributed by atoms with van der Waals surface area (Å²) in [6, 6.07) is 21.2. The van der Waals surface area contributed by atoms with E-state index in [0.717, 1.165) is 6.29 Å². The third-order valence-corrected chi connectivity index (χ3v) is 4.01. The molecular formula is C28H47IO2. The van der Waals surface area contributed by atoms with Crippen molar-refractivity contribution >= 4 is 34.7 Å². The Morgan fingerprint density at radius 2 is 1.10 bits per heavy atom. The van der Waals surface area contributed by atoms with E-state index in [0.29, 0.717) is 18.8 Å². The van der Waals surface area contributed by atoms with Gasteiger partial charge >= 0.3 is 0 Å². The van der Waals surface area contributed by atoms with Gasteiger partial charge in [0.1, 0.15) is 12.1 Å². The van der Waals surface area contributed by atoms with E-state index < -0.39 is 0 Å². The number of carbonyl (C=O) groups is 2.